The first-order valence-corrected chi connectivity index (χ1v) is 11.5. The van der Waals surface area contributed by atoms with Gasteiger partial charge in [-0.1, -0.05) is 11.6 Å². The van der Waals surface area contributed by atoms with Gasteiger partial charge in [0.2, 0.25) is 5.91 Å². The number of hydrogen-bond donors (Lipinski definition) is 2. The Morgan fingerprint density at radius 1 is 1.23 bits per heavy atom. The van der Waals surface area contributed by atoms with E-state index >= 15 is 0 Å². The number of ether oxygens (including phenoxy) is 1. The molecule has 0 bridgehead atoms. The van der Waals surface area contributed by atoms with E-state index in [1.54, 1.807) is 25.7 Å². The number of piperidine rings is 1. The highest BCUT2D eigenvalue weighted by molar-refractivity contribution is 6.00. The zero-order chi connectivity index (χ0) is 22.4. The molecule has 31 heavy (non-hydrogen) atoms. The number of esters is 1. The Balaban J connectivity index is 1.59. The van der Waals surface area contributed by atoms with Gasteiger partial charge in [-0.05, 0) is 71.3 Å². The first-order chi connectivity index (χ1) is 14.9. The molecule has 1 aliphatic heterocycles. The van der Waals surface area contributed by atoms with Gasteiger partial charge in [0.15, 0.2) is 0 Å². The van der Waals surface area contributed by atoms with Gasteiger partial charge in [-0.25, -0.2) is 4.79 Å². The van der Waals surface area contributed by atoms with Gasteiger partial charge in [-0.3, -0.25) is 9.59 Å². The first-order valence-electron chi connectivity index (χ1n) is 11.5. The number of aryl methyl sites for hydroxylation is 1. The molecule has 0 spiro atoms. The van der Waals surface area contributed by atoms with Crippen LogP contribution in [0.3, 0.4) is 0 Å². The molecule has 2 N–H and O–H groups in total. The fourth-order valence-corrected chi connectivity index (χ4v) is 4.63. The minimum atomic E-state index is -0.420. The van der Waals surface area contributed by atoms with Crippen LogP contribution in [0.1, 0.15) is 84.0 Å². The predicted octanol–water partition coefficient (Wildman–Crippen LogP) is 3.67. The van der Waals surface area contributed by atoms with Crippen LogP contribution >= 0.6 is 0 Å². The number of aromatic nitrogens is 1. The molecule has 1 aromatic heterocycles. The smallest absolute Gasteiger partial charge is 0.340 e. The first kappa shape index (κ1) is 23.1. The summed E-state index contributed by atoms with van der Waals surface area (Å²) < 4.78 is 5.12. The maximum Gasteiger partial charge on any atom is 0.340 e. The molecular formula is C24H35N3O4. The molecule has 7 heteroatoms. The number of nitrogens with one attached hydrogen (secondary N) is 2. The van der Waals surface area contributed by atoms with Crippen molar-refractivity contribution in [3.05, 3.63) is 34.2 Å². The number of carbonyl (C=O) groups excluding carboxylic acids is 3. The fraction of sp³-hybridized carbons (Fsp3) is 0.625. The zero-order valence-electron chi connectivity index (χ0n) is 19.0. The lowest BCUT2D eigenvalue weighted by Gasteiger charge is -2.32. The fourth-order valence-electron chi connectivity index (χ4n) is 4.63. The van der Waals surface area contributed by atoms with Gasteiger partial charge in [0.1, 0.15) is 5.69 Å². The Hall–Kier alpha value is -2.57. The van der Waals surface area contributed by atoms with E-state index in [9.17, 15) is 14.4 Å². The van der Waals surface area contributed by atoms with Crippen molar-refractivity contribution in [2.24, 2.45) is 5.92 Å². The van der Waals surface area contributed by atoms with E-state index in [2.05, 4.69) is 16.4 Å². The standard InChI is InChI=1S/C24H35N3O4/c1-4-31-24(30)20-16(2)21(26-17(20)3)23(29)27-14-8-11-19(15-27)22(28)25-13-12-18-9-6-5-7-10-18/h9,19,26H,4-8,10-15H2,1-3H3,(H,25,28)/t19-/m1/s1. The van der Waals surface area contributed by atoms with Crippen molar-refractivity contribution in [2.75, 3.05) is 26.2 Å². The minimum absolute atomic E-state index is 0.0283. The van der Waals surface area contributed by atoms with Crippen LogP contribution in [0.25, 0.3) is 0 Å². The van der Waals surface area contributed by atoms with Crippen LogP contribution in [0.2, 0.25) is 0 Å². The average Bonchev–Trinajstić information content (AvgIpc) is 3.08. The van der Waals surface area contributed by atoms with Crippen LogP contribution in [0.4, 0.5) is 0 Å². The Labute approximate surface area is 184 Å². The minimum Gasteiger partial charge on any atom is -0.462 e. The van der Waals surface area contributed by atoms with Gasteiger partial charge in [0.05, 0.1) is 18.1 Å². The Kier molecular flexibility index (Phi) is 7.93. The number of H-pyrrole nitrogens is 1. The van der Waals surface area contributed by atoms with Crippen molar-refractivity contribution in [1.29, 1.82) is 0 Å². The van der Waals surface area contributed by atoms with Crippen molar-refractivity contribution in [1.82, 2.24) is 15.2 Å². The summed E-state index contributed by atoms with van der Waals surface area (Å²) in [7, 11) is 0. The Morgan fingerprint density at radius 2 is 2.03 bits per heavy atom. The highest BCUT2D eigenvalue weighted by atomic mass is 16.5. The van der Waals surface area contributed by atoms with Crippen LogP contribution in [0, 0.1) is 19.8 Å². The second-order valence-corrected chi connectivity index (χ2v) is 8.58. The third kappa shape index (κ3) is 5.57. The molecular weight excluding hydrogens is 394 g/mol. The lowest BCUT2D eigenvalue weighted by molar-refractivity contribution is -0.126. The molecule has 1 atom stereocenters. The highest BCUT2D eigenvalue weighted by Gasteiger charge is 2.31. The van der Waals surface area contributed by atoms with Crippen molar-refractivity contribution in [3.63, 3.8) is 0 Å². The van der Waals surface area contributed by atoms with Crippen LogP contribution in [-0.4, -0.2) is 53.9 Å². The molecule has 1 aromatic rings. The molecule has 1 saturated heterocycles. The van der Waals surface area contributed by atoms with Crippen molar-refractivity contribution in [2.45, 2.75) is 65.7 Å². The number of allylic oxidation sites excluding steroid dienone is 1. The third-order valence-corrected chi connectivity index (χ3v) is 6.34. The van der Waals surface area contributed by atoms with Crippen molar-refractivity contribution < 1.29 is 19.1 Å². The highest BCUT2D eigenvalue weighted by Crippen LogP contribution is 2.24. The molecule has 3 rings (SSSR count). The largest absolute Gasteiger partial charge is 0.462 e. The summed E-state index contributed by atoms with van der Waals surface area (Å²) in [6.07, 6.45) is 9.61. The average molecular weight is 430 g/mol. The van der Waals surface area contributed by atoms with Gasteiger partial charge in [0, 0.05) is 25.3 Å². The van der Waals surface area contributed by atoms with Crippen molar-refractivity contribution >= 4 is 17.8 Å². The van der Waals surface area contributed by atoms with E-state index < -0.39 is 5.97 Å². The Bertz CT molecular complexity index is 855. The number of aromatic amines is 1. The summed E-state index contributed by atoms with van der Waals surface area (Å²) in [5, 5.41) is 3.07. The number of amides is 2. The zero-order valence-corrected chi connectivity index (χ0v) is 19.0. The summed E-state index contributed by atoms with van der Waals surface area (Å²) in [5.41, 5.74) is 3.51. The van der Waals surface area contributed by atoms with E-state index in [1.807, 2.05) is 0 Å². The number of nitrogens with zero attached hydrogens (tertiary/aromatic N) is 1. The van der Waals surface area contributed by atoms with Crippen LogP contribution in [0.15, 0.2) is 11.6 Å². The quantitative estimate of drug-likeness (QED) is 0.511. The molecule has 2 amide bonds. The second kappa shape index (κ2) is 10.6. The SMILES string of the molecule is CCOC(=O)c1c(C)[nH]c(C(=O)N2CCC[C@@H](C(=O)NCCC3=CCCCC3)C2)c1C. The molecule has 0 saturated carbocycles. The lowest BCUT2D eigenvalue weighted by Crippen LogP contribution is -2.45. The van der Waals surface area contributed by atoms with Gasteiger partial charge in [-0.2, -0.15) is 0 Å². The molecule has 1 fully saturated rings. The number of rotatable bonds is 7. The van der Waals surface area contributed by atoms with Crippen LogP contribution in [-0.2, 0) is 9.53 Å². The van der Waals surface area contributed by atoms with E-state index in [4.69, 9.17) is 4.74 Å². The monoisotopic (exact) mass is 429 g/mol. The van der Waals surface area contributed by atoms with E-state index in [0.29, 0.717) is 42.1 Å². The topological polar surface area (TPSA) is 91.5 Å². The van der Waals surface area contributed by atoms with Crippen LogP contribution in [0.5, 0.6) is 0 Å². The van der Waals surface area contributed by atoms with Gasteiger partial charge < -0.3 is 19.9 Å². The van der Waals surface area contributed by atoms with Gasteiger partial charge in [0.25, 0.3) is 5.91 Å². The van der Waals surface area contributed by atoms with E-state index in [1.165, 1.54) is 18.4 Å². The van der Waals surface area contributed by atoms with E-state index in [-0.39, 0.29) is 24.3 Å². The summed E-state index contributed by atoms with van der Waals surface area (Å²) in [5.74, 6) is -0.753. The summed E-state index contributed by atoms with van der Waals surface area (Å²) in [6.45, 7) is 7.24. The molecule has 0 aromatic carbocycles. The number of carbonyl (C=O) groups is 3. The van der Waals surface area contributed by atoms with Gasteiger partial charge >= 0.3 is 5.97 Å². The molecule has 7 nitrogen and oxygen atoms in total. The normalized spacial score (nSPS) is 19.0. The third-order valence-electron chi connectivity index (χ3n) is 6.34. The van der Waals surface area contributed by atoms with Crippen molar-refractivity contribution in [3.8, 4) is 0 Å². The molecule has 2 heterocycles. The number of hydrogen-bond acceptors (Lipinski definition) is 4. The molecule has 0 unspecified atom stereocenters. The van der Waals surface area contributed by atoms with Crippen LogP contribution < -0.4 is 5.32 Å². The number of likely N-dealkylation sites (tertiary alicyclic amines) is 1. The maximum absolute atomic E-state index is 13.2. The Morgan fingerprint density at radius 3 is 2.74 bits per heavy atom. The predicted molar refractivity (Wildman–Crippen MR) is 119 cm³/mol. The summed E-state index contributed by atoms with van der Waals surface area (Å²) in [6, 6.07) is 0. The summed E-state index contributed by atoms with van der Waals surface area (Å²) in [4.78, 5) is 42.9. The maximum atomic E-state index is 13.2. The van der Waals surface area contributed by atoms with E-state index in [0.717, 1.165) is 32.1 Å². The molecule has 170 valence electrons. The molecule has 1 aliphatic carbocycles. The summed E-state index contributed by atoms with van der Waals surface area (Å²) >= 11 is 0. The molecule has 2 aliphatic rings. The lowest BCUT2D eigenvalue weighted by atomic mass is 9.95. The second-order valence-electron chi connectivity index (χ2n) is 8.58. The van der Waals surface area contributed by atoms with Gasteiger partial charge in [-0.15, -0.1) is 0 Å². The molecule has 0 radical (unpaired) electrons.